The molecule has 2 fully saturated rings. The first kappa shape index (κ1) is 18.9. The molecule has 2 atom stereocenters. The van der Waals surface area contributed by atoms with Crippen molar-refractivity contribution in [2.24, 2.45) is 5.92 Å². The van der Waals surface area contributed by atoms with E-state index in [1.54, 1.807) is 10.4 Å². The molecule has 1 saturated heterocycles. The van der Waals surface area contributed by atoms with Gasteiger partial charge < -0.3 is 4.90 Å². The minimum atomic E-state index is -0.603. The Morgan fingerprint density at radius 1 is 1.27 bits per heavy atom. The van der Waals surface area contributed by atoms with E-state index in [-0.39, 0.29) is 5.91 Å². The monoisotopic (exact) mass is 358 g/mol. The maximum Gasteiger partial charge on any atom is 0.266 e. The van der Waals surface area contributed by atoms with Gasteiger partial charge in [-0.3, -0.25) is 14.8 Å². The van der Waals surface area contributed by atoms with Gasteiger partial charge in [0, 0.05) is 6.54 Å². The molecule has 0 spiro atoms. The number of nitrogens with zero attached hydrogens (tertiary/aromatic N) is 1. The van der Waals surface area contributed by atoms with Crippen molar-refractivity contribution in [2.75, 3.05) is 6.54 Å². The summed E-state index contributed by atoms with van der Waals surface area (Å²) in [6.07, 6.45) is 7.16. The minimum Gasteiger partial charge on any atom is -0.330 e. The molecule has 26 heavy (non-hydrogen) atoms. The Kier molecular flexibility index (Phi) is 5.66. The average Bonchev–Trinajstić information content (AvgIpc) is 2.96. The van der Waals surface area contributed by atoms with Crippen molar-refractivity contribution < 1.29 is 14.8 Å². The van der Waals surface area contributed by atoms with Crippen LogP contribution < -0.4 is 5.48 Å². The van der Waals surface area contributed by atoms with Gasteiger partial charge in [-0.15, -0.1) is 0 Å². The van der Waals surface area contributed by atoms with Gasteiger partial charge in [-0.2, -0.15) is 0 Å². The molecule has 142 valence electrons. The largest absolute Gasteiger partial charge is 0.330 e. The number of amides is 2. The van der Waals surface area contributed by atoms with Crippen molar-refractivity contribution in [3.63, 3.8) is 0 Å². The summed E-state index contributed by atoms with van der Waals surface area (Å²) in [7, 11) is 0. The fourth-order valence-corrected chi connectivity index (χ4v) is 4.54. The molecule has 1 unspecified atom stereocenters. The zero-order valence-corrected chi connectivity index (χ0v) is 15.8. The van der Waals surface area contributed by atoms with E-state index in [0.717, 1.165) is 24.0 Å². The fourth-order valence-electron chi connectivity index (χ4n) is 4.54. The Hall–Kier alpha value is -1.88. The second kappa shape index (κ2) is 7.78. The van der Waals surface area contributed by atoms with Crippen LogP contribution in [0.5, 0.6) is 0 Å². The third-order valence-corrected chi connectivity index (χ3v) is 6.34. The smallest absolute Gasteiger partial charge is 0.266 e. The number of likely N-dealkylation sites (tertiary alicyclic amines) is 1. The van der Waals surface area contributed by atoms with Gasteiger partial charge >= 0.3 is 0 Å². The number of carbonyl (C=O) groups excluding carboxylic acids is 2. The number of carbonyl (C=O) groups is 2. The third-order valence-electron chi connectivity index (χ3n) is 6.34. The number of hydrogen-bond donors (Lipinski definition) is 2. The number of hydrogen-bond acceptors (Lipinski definition) is 3. The molecule has 1 saturated carbocycles. The highest BCUT2D eigenvalue weighted by Crippen LogP contribution is 2.38. The van der Waals surface area contributed by atoms with Gasteiger partial charge in [0.15, 0.2) is 0 Å². The van der Waals surface area contributed by atoms with E-state index in [2.05, 4.69) is 0 Å². The molecule has 1 aliphatic carbocycles. The van der Waals surface area contributed by atoms with Crippen LogP contribution in [0, 0.1) is 12.8 Å². The highest BCUT2D eigenvalue weighted by Gasteiger charge is 2.48. The molecule has 1 heterocycles. The summed E-state index contributed by atoms with van der Waals surface area (Å²) in [6.45, 7) is 4.54. The molecule has 5 heteroatoms. The Bertz CT molecular complexity index is 652. The molecule has 0 aromatic heterocycles. The standard InChI is InChI=1S/C21H30N2O3/c1-15-8-10-17(11-9-15)21(2)12-13-23(20(21)25)18(19(24)22-26)14-16-6-4-3-5-7-16/h8-11,16,18,26H,3-7,12-14H2,1-2H3,(H,22,24)/t18-,21?/m1/s1. The maximum absolute atomic E-state index is 13.3. The molecule has 1 aromatic carbocycles. The topological polar surface area (TPSA) is 69.6 Å². The normalized spacial score (nSPS) is 25.3. The summed E-state index contributed by atoms with van der Waals surface area (Å²) in [4.78, 5) is 27.3. The third kappa shape index (κ3) is 3.63. The second-order valence-electron chi connectivity index (χ2n) is 8.18. The average molecular weight is 358 g/mol. The first-order valence-electron chi connectivity index (χ1n) is 9.78. The molecule has 0 radical (unpaired) electrons. The lowest BCUT2D eigenvalue weighted by molar-refractivity contribution is -0.144. The van der Waals surface area contributed by atoms with Gasteiger partial charge in [-0.25, -0.2) is 5.48 Å². The highest BCUT2D eigenvalue weighted by molar-refractivity contribution is 5.94. The predicted octanol–water partition coefficient (Wildman–Crippen LogP) is 3.33. The van der Waals surface area contributed by atoms with Crippen LogP contribution >= 0.6 is 0 Å². The Labute approximate surface area is 155 Å². The fraction of sp³-hybridized carbons (Fsp3) is 0.619. The molecule has 3 rings (SSSR count). The molecule has 1 aliphatic heterocycles. The zero-order valence-electron chi connectivity index (χ0n) is 15.8. The van der Waals surface area contributed by atoms with E-state index in [0.29, 0.717) is 25.3 Å². The van der Waals surface area contributed by atoms with Crippen molar-refractivity contribution in [3.05, 3.63) is 35.4 Å². The van der Waals surface area contributed by atoms with Crippen LogP contribution in [0.4, 0.5) is 0 Å². The number of nitrogens with one attached hydrogen (secondary N) is 1. The van der Waals surface area contributed by atoms with Gasteiger partial charge in [0.05, 0.1) is 5.41 Å². The number of rotatable bonds is 5. The van der Waals surface area contributed by atoms with Crippen LogP contribution in [0.1, 0.15) is 63.0 Å². The summed E-state index contributed by atoms with van der Waals surface area (Å²) in [5.41, 5.74) is 3.35. The van der Waals surface area contributed by atoms with Crippen molar-refractivity contribution in [1.29, 1.82) is 0 Å². The molecule has 2 aliphatic rings. The molecule has 5 nitrogen and oxygen atoms in total. The minimum absolute atomic E-state index is 0.00855. The van der Waals surface area contributed by atoms with Gasteiger partial charge in [0.25, 0.3) is 5.91 Å². The second-order valence-corrected chi connectivity index (χ2v) is 8.18. The Morgan fingerprint density at radius 3 is 2.54 bits per heavy atom. The molecular weight excluding hydrogens is 328 g/mol. The highest BCUT2D eigenvalue weighted by atomic mass is 16.5. The number of aryl methyl sites for hydroxylation is 1. The van der Waals surface area contributed by atoms with Crippen LogP contribution in [-0.4, -0.2) is 34.5 Å². The van der Waals surface area contributed by atoms with Crippen molar-refractivity contribution in [2.45, 2.75) is 70.3 Å². The van der Waals surface area contributed by atoms with Gasteiger partial charge in [-0.05, 0) is 38.2 Å². The lowest BCUT2D eigenvalue weighted by Gasteiger charge is -2.32. The van der Waals surface area contributed by atoms with Crippen molar-refractivity contribution in [1.82, 2.24) is 10.4 Å². The van der Waals surface area contributed by atoms with Crippen LogP contribution in [-0.2, 0) is 15.0 Å². The maximum atomic E-state index is 13.3. The van der Waals surface area contributed by atoms with Crippen LogP contribution in [0.25, 0.3) is 0 Å². The molecule has 0 bridgehead atoms. The lowest BCUT2D eigenvalue weighted by Crippen LogP contribution is -2.50. The van der Waals surface area contributed by atoms with Gasteiger partial charge in [-0.1, -0.05) is 61.9 Å². The van der Waals surface area contributed by atoms with E-state index in [9.17, 15) is 14.8 Å². The summed E-state index contributed by atoms with van der Waals surface area (Å²) >= 11 is 0. The molecule has 2 N–H and O–H groups in total. The predicted molar refractivity (Wildman–Crippen MR) is 99.8 cm³/mol. The summed E-state index contributed by atoms with van der Waals surface area (Å²) in [6, 6.07) is 7.49. The number of hydroxylamine groups is 1. The van der Waals surface area contributed by atoms with Crippen molar-refractivity contribution in [3.8, 4) is 0 Å². The summed E-state index contributed by atoms with van der Waals surface area (Å²) in [5.74, 6) is -0.0204. The molecule has 1 aromatic rings. The first-order valence-corrected chi connectivity index (χ1v) is 9.78. The number of benzene rings is 1. The van der Waals surface area contributed by atoms with Crippen LogP contribution in [0.3, 0.4) is 0 Å². The van der Waals surface area contributed by atoms with E-state index in [4.69, 9.17) is 0 Å². The molecular formula is C21H30N2O3. The summed E-state index contributed by atoms with van der Waals surface area (Å²) in [5, 5.41) is 9.22. The van der Waals surface area contributed by atoms with Gasteiger partial charge in [0.2, 0.25) is 5.91 Å². The van der Waals surface area contributed by atoms with Crippen LogP contribution in [0.2, 0.25) is 0 Å². The lowest BCUT2D eigenvalue weighted by atomic mass is 9.80. The van der Waals surface area contributed by atoms with Gasteiger partial charge in [0.1, 0.15) is 6.04 Å². The Balaban J connectivity index is 1.80. The van der Waals surface area contributed by atoms with E-state index < -0.39 is 17.4 Å². The first-order chi connectivity index (χ1) is 12.5. The van der Waals surface area contributed by atoms with E-state index in [1.165, 1.54) is 19.3 Å². The van der Waals surface area contributed by atoms with E-state index >= 15 is 0 Å². The van der Waals surface area contributed by atoms with E-state index in [1.807, 2.05) is 38.1 Å². The zero-order chi connectivity index (χ0) is 18.7. The van der Waals surface area contributed by atoms with Crippen LogP contribution in [0.15, 0.2) is 24.3 Å². The Morgan fingerprint density at radius 2 is 1.92 bits per heavy atom. The SMILES string of the molecule is Cc1ccc(C2(C)CCN([C@H](CC3CCCCC3)C(=O)NO)C2=O)cc1. The van der Waals surface area contributed by atoms with Crippen molar-refractivity contribution >= 4 is 11.8 Å². The molecule has 2 amide bonds. The summed E-state index contributed by atoms with van der Waals surface area (Å²) < 4.78 is 0. The quantitative estimate of drug-likeness (QED) is 0.626.